The van der Waals surface area contributed by atoms with E-state index in [1.807, 2.05) is 12.1 Å². The molecule has 96 valence electrons. The summed E-state index contributed by atoms with van der Waals surface area (Å²) in [7, 11) is 0. The van der Waals surface area contributed by atoms with Crippen molar-refractivity contribution in [1.29, 1.82) is 0 Å². The number of nitrogens with one attached hydrogen (secondary N) is 2. The number of amides is 1. The quantitative estimate of drug-likeness (QED) is 0.840. The zero-order valence-corrected chi connectivity index (χ0v) is 12.0. The maximum atomic E-state index is 11.9. The SMILES string of the molecule is C[C@@H]1CCCC=C1NNC(=O)c1ccc(Br)cc1. The lowest BCUT2D eigenvalue weighted by Gasteiger charge is -2.22. The van der Waals surface area contributed by atoms with E-state index in [1.54, 1.807) is 12.1 Å². The highest BCUT2D eigenvalue weighted by molar-refractivity contribution is 9.10. The number of carbonyl (C=O) groups excluding carboxylic acids is 1. The first-order chi connectivity index (χ1) is 8.66. The average molecular weight is 309 g/mol. The molecule has 18 heavy (non-hydrogen) atoms. The number of hydrogen-bond donors (Lipinski definition) is 2. The Morgan fingerprint density at radius 1 is 1.33 bits per heavy atom. The zero-order chi connectivity index (χ0) is 13.0. The molecule has 0 aromatic heterocycles. The molecule has 2 rings (SSSR count). The van der Waals surface area contributed by atoms with Crippen LogP contribution in [0.5, 0.6) is 0 Å². The first kappa shape index (κ1) is 13.1. The fraction of sp³-hybridized carbons (Fsp3) is 0.357. The molecule has 2 N–H and O–H groups in total. The van der Waals surface area contributed by atoms with Crippen LogP contribution in [0.15, 0.2) is 40.5 Å². The summed E-state index contributed by atoms with van der Waals surface area (Å²) in [5.41, 5.74) is 7.55. The monoisotopic (exact) mass is 308 g/mol. The minimum absolute atomic E-state index is 0.110. The van der Waals surface area contributed by atoms with Crippen LogP contribution in [0.1, 0.15) is 36.5 Å². The first-order valence-electron chi connectivity index (χ1n) is 6.19. The van der Waals surface area contributed by atoms with Gasteiger partial charge in [0.05, 0.1) is 0 Å². The van der Waals surface area contributed by atoms with Crippen molar-refractivity contribution in [3.05, 3.63) is 46.1 Å². The minimum atomic E-state index is -0.110. The molecule has 0 saturated carbocycles. The van der Waals surface area contributed by atoms with E-state index in [0.29, 0.717) is 11.5 Å². The van der Waals surface area contributed by atoms with Crippen molar-refractivity contribution in [2.24, 2.45) is 5.92 Å². The van der Waals surface area contributed by atoms with Gasteiger partial charge in [-0.2, -0.15) is 0 Å². The molecular formula is C14H17BrN2O. The summed E-state index contributed by atoms with van der Waals surface area (Å²) < 4.78 is 0.968. The van der Waals surface area contributed by atoms with E-state index < -0.39 is 0 Å². The Bertz CT molecular complexity index is 453. The van der Waals surface area contributed by atoms with Crippen molar-refractivity contribution in [3.8, 4) is 0 Å². The molecule has 1 amide bonds. The molecule has 0 heterocycles. The number of hydrogen-bond acceptors (Lipinski definition) is 2. The van der Waals surface area contributed by atoms with Gasteiger partial charge in [-0.25, -0.2) is 0 Å². The van der Waals surface area contributed by atoms with Crippen molar-refractivity contribution in [1.82, 2.24) is 10.9 Å². The molecule has 1 atom stereocenters. The van der Waals surface area contributed by atoms with Crippen LogP contribution in [0, 0.1) is 5.92 Å². The van der Waals surface area contributed by atoms with Crippen LogP contribution in [0.3, 0.4) is 0 Å². The third-order valence-corrected chi connectivity index (χ3v) is 3.69. The van der Waals surface area contributed by atoms with E-state index in [9.17, 15) is 4.79 Å². The van der Waals surface area contributed by atoms with Crippen LogP contribution < -0.4 is 10.9 Å². The average Bonchev–Trinajstić information content (AvgIpc) is 2.38. The number of halogens is 1. The predicted octanol–water partition coefficient (Wildman–Crippen LogP) is 3.39. The van der Waals surface area contributed by atoms with Gasteiger partial charge >= 0.3 is 0 Å². The highest BCUT2D eigenvalue weighted by Gasteiger charge is 2.13. The summed E-state index contributed by atoms with van der Waals surface area (Å²) in [6.07, 6.45) is 5.65. The van der Waals surface area contributed by atoms with E-state index >= 15 is 0 Å². The molecule has 1 aliphatic carbocycles. The molecule has 0 radical (unpaired) electrons. The highest BCUT2D eigenvalue weighted by atomic mass is 79.9. The fourth-order valence-electron chi connectivity index (χ4n) is 2.01. The molecule has 4 heteroatoms. The summed E-state index contributed by atoms with van der Waals surface area (Å²) in [4.78, 5) is 11.9. The summed E-state index contributed by atoms with van der Waals surface area (Å²) >= 11 is 3.35. The second-order valence-corrected chi connectivity index (χ2v) is 5.49. The molecule has 0 saturated heterocycles. The third-order valence-electron chi connectivity index (χ3n) is 3.16. The van der Waals surface area contributed by atoms with Gasteiger partial charge in [-0.1, -0.05) is 28.9 Å². The van der Waals surface area contributed by atoms with Crippen molar-refractivity contribution in [3.63, 3.8) is 0 Å². The number of rotatable bonds is 3. The molecule has 0 bridgehead atoms. The maximum Gasteiger partial charge on any atom is 0.269 e. The second-order valence-electron chi connectivity index (χ2n) is 4.58. The molecule has 1 aliphatic rings. The van der Waals surface area contributed by atoms with E-state index in [1.165, 1.54) is 12.8 Å². The Morgan fingerprint density at radius 3 is 2.72 bits per heavy atom. The third kappa shape index (κ3) is 3.35. The summed E-state index contributed by atoms with van der Waals surface area (Å²) in [5, 5.41) is 0. The predicted molar refractivity (Wildman–Crippen MR) is 75.8 cm³/mol. The van der Waals surface area contributed by atoms with Gasteiger partial charge in [0, 0.05) is 15.7 Å². The largest absolute Gasteiger partial charge is 0.303 e. The van der Waals surface area contributed by atoms with E-state index in [0.717, 1.165) is 16.6 Å². The fourth-order valence-corrected chi connectivity index (χ4v) is 2.28. The number of allylic oxidation sites excluding steroid dienone is 2. The van der Waals surface area contributed by atoms with Gasteiger partial charge in [0.25, 0.3) is 5.91 Å². The van der Waals surface area contributed by atoms with Crippen molar-refractivity contribution in [2.75, 3.05) is 0 Å². The summed E-state index contributed by atoms with van der Waals surface area (Å²) in [6.45, 7) is 2.17. The lowest BCUT2D eigenvalue weighted by Crippen LogP contribution is -2.38. The Kier molecular flexibility index (Phi) is 4.42. The Labute approximate surface area is 116 Å². The van der Waals surface area contributed by atoms with Gasteiger partial charge in [0.1, 0.15) is 0 Å². The number of benzene rings is 1. The molecule has 0 aliphatic heterocycles. The maximum absolute atomic E-state index is 11.9. The van der Waals surface area contributed by atoms with Gasteiger partial charge in [0.2, 0.25) is 0 Å². The van der Waals surface area contributed by atoms with Gasteiger partial charge in [0.15, 0.2) is 0 Å². The summed E-state index contributed by atoms with van der Waals surface area (Å²) in [5.74, 6) is 0.380. The van der Waals surface area contributed by atoms with Gasteiger partial charge < -0.3 is 5.43 Å². The number of carbonyl (C=O) groups is 1. The lowest BCUT2D eigenvalue weighted by molar-refractivity contribution is 0.0936. The van der Waals surface area contributed by atoms with Crippen molar-refractivity contribution < 1.29 is 4.79 Å². The molecule has 0 fully saturated rings. The minimum Gasteiger partial charge on any atom is -0.303 e. The van der Waals surface area contributed by atoms with Crippen LogP contribution in [0.25, 0.3) is 0 Å². The van der Waals surface area contributed by atoms with Crippen molar-refractivity contribution in [2.45, 2.75) is 26.2 Å². The first-order valence-corrected chi connectivity index (χ1v) is 6.98. The molecule has 1 aromatic rings. The molecule has 0 unspecified atom stereocenters. The normalized spacial score (nSPS) is 19.0. The van der Waals surface area contributed by atoms with Crippen LogP contribution >= 0.6 is 15.9 Å². The smallest absolute Gasteiger partial charge is 0.269 e. The van der Waals surface area contributed by atoms with E-state index in [-0.39, 0.29) is 5.91 Å². The second kappa shape index (κ2) is 6.05. The highest BCUT2D eigenvalue weighted by Crippen LogP contribution is 2.21. The Balaban J connectivity index is 1.92. The van der Waals surface area contributed by atoms with E-state index in [4.69, 9.17) is 0 Å². The lowest BCUT2D eigenvalue weighted by atomic mass is 9.94. The van der Waals surface area contributed by atoms with E-state index in [2.05, 4.69) is 39.8 Å². The molecule has 3 nitrogen and oxygen atoms in total. The zero-order valence-electron chi connectivity index (χ0n) is 10.4. The van der Waals surface area contributed by atoms with Crippen LogP contribution in [0.4, 0.5) is 0 Å². The summed E-state index contributed by atoms with van der Waals surface area (Å²) in [6, 6.07) is 7.30. The van der Waals surface area contributed by atoms with Crippen LogP contribution in [-0.4, -0.2) is 5.91 Å². The van der Waals surface area contributed by atoms with Gasteiger partial charge in [-0.15, -0.1) is 0 Å². The molecule has 1 aromatic carbocycles. The standard InChI is InChI=1S/C14H17BrN2O/c1-10-4-2-3-5-13(10)16-17-14(18)11-6-8-12(15)9-7-11/h5-10,16H,2-4H2,1H3,(H,17,18)/t10-/m1/s1. The number of hydrazine groups is 1. The van der Waals surface area contributed by atoms with Gasteiger partial charge in [-0.3, -0.25) is 10.2 Å². The Hall–Kier alpha value is -1.29. The molecule has 0 spiro atoms. The van der Waals surface area contributed by atoms with Crippen LogP contribution in [-0.2, 0) is 0 Å². The van der Waals surface area contributed by atoms with Gasteiger partial charge in [-0.05, 0) is 49.4 Å². The van der Waals surface area contributed by atoms with Crippen LogP contribution in [0.2, 0.25) is 0 Å². The topological polar surface area (TPSA) is 41.1 Å². The molecular weight excluding hydrogens is 292 g/mol. The Morgan fingerprint density at radius 2 is 2.06 bits per heavy atom. The van der Waals surface area contributed by atoms with Crippen molar-refractivity contribution >= 4 is 21.8 Å².